The number of aliphatic hydroxyl groups excluding tert-OH is 1. The Morgan fingerprint density at radius 2 is 2.18 bits per heavy atom. The number of aliphatic hydroxyl groups is 1. The summed E-state index contributed by atoms with van der Waals surface area (Å²) >= 11 is 5.60. The number of hydrogen-bond acceptors (Lipinski definition) is 4. The van der Waals surface area contributed by atoms with E-state index in [4.69, 9.17) is 0 Å². The minimum Gasteiger partial charge on any atom is -0.387 e. The molecule has 0 radical (unpaired) electrons. The van der Waals surface area contributed by atoms with Gasteiger partial charge in [-0.1, -0.05) is 18.2 Å². The molecule has 0 bridgehead atoms. The number of thiophene rings is 1. The van der Waals surface area contributed by atoms with Crippen molar-refractivity contribution in [3.05, 3.63) is 35.2 Å². The fraction of sp³-hybridized carbons (Fsp3) is 0.385. The third kappa shape index (κ3) is 2.36. The fourth-order valence-corrected chi connectivity index (χ4v) is 5.83. The Hall–Kier alpha value is -0.160. The predicted octanol–water partition coefficient (Wildman–Crippen LogP) is 3.78. The van der Waals surface area contributed by atoms with E-state index in [0.29, 0.717) is 5.25 Å². The van der Waals surface area contributed by atoms with Crippen molar-refractivity contribution in [2.75, 3.05) is 17.3 Å². The molecule has 1 saturated heterocycles. The van der Waals surface area contributed by atoms with Crippen molar-refractivity contribution >= 4 is 44.9 Å². The Morgan fingerprint density at radius 3 is 3.00 bits per heavy atom. The van der Waals surface area contributed by atoms with Gasteiger partial charge in [0.25, 0.3) is 0 Å². The first-order chi connectivity index (χ1) is 8.36. The first kappa shape index (κ1) is 11.9. The smallest absolute Gasteiger partial charge is 0.0930 e. The van der Waals surface area contributed by atoms with Crippen LogP contribution in [0.2, 0.25) is 0 Å². The molecule has 1 aliphatic heterocycles. The largest absolute Gasteiger partial charge is 0.387 e. The van der Waals surface area contributed by atoms with E-state index in [1.54, 1.807) is 11.3 Å². The topological polar surface area (TPSA) is 20.2 Å². The van der Waals surface area contributed by atoms with Gasteiger partial charge in [-0.05, 0) is 22.4 Å². The molecule has 0 aliphatic carbocycles. The Labute approximate surface area is 114 Å². The second-order valence-corrected chi connectivity index (χ2v) is 7.53. The molecule has 2 heterocycles. The van der Waals surface area contributed by atoms with E-state index in [2.05, 4.69) is 23.6 Å². The molecule has 1 aliphatic rings. The third-order valence-corrected chi connectivity index (χ3v) is 6.85. The summed E-state index contributed by atoms with van der Waals surface area (Å²) in [4.78, 5) is 0. The first-order valence-electron chi connectivity index (χ1n) is 5.70. The molecule has 1 aromatic carbocycles. The Bertz CT molecular complexity index is 502. The summed E-state index contributed by atoms with van der Waals surface area (Å²) in [5, 5.41) is 14.2. The predicted molar refractivity (Wildman–Crippen MR) is 80.4 cm³/mol. The highest BCUT2D eigenvalue weighted by molar-refractivity contribution is 8.06. The zero-order valence-corrected chi connectivity index (χ0v) is 11.8. The van der Waals surface area contributed by atoms with Crippen LogP contribution in [-0.2, 0) is 0 Å². The molecule has 2 atom stereocenters. The molecule has 2 aromatic rings. The van der Waals surface area contributed by atoms with Crippen LogP contribution in [0, 0.1) is 0 Å². The van der Waals surface area contributed by atoms with Gasteiger partial charge in [0.15, 0.2) is 0 Å². The van der Waals surface area contributed by atoms with Crippen LogP contribution in [0.4, 0.5) is 0 Å². The highest BCUT2D eigenvalue weighted by Gasteiger charge is 2.25. The molecule has 2 unspecified atom stereocenters. The highest BCUT2D eigenvalue weighted by Crippen LogP contribution is 2.37. The Kier molecular flexibility index (Phi) is 3.66. The van der Waals surface area contributed by atoms with Gasteiger partial charge < -0.3 is 5.11 Å². The Balaban J connectivity index is 1.94. The molecule has 4 heteroatoms. The summed E-state index contributed by atoms with van der Waals surface area (Å²) in [5.41, 5.74) is 1.11. The Morgan fingerprint density at radius 1 is 1.24 bits per heavy atom. The lowest BCUT2D eigenvalue weighted by Crippen LogP contribution is -2.22. The zero-order chi connectivity index (χ0) is 11.7. The van der Waals surface area contributed by atoms with Gasteiger partial charge in [0.05, 0.1) is 6.10 Å². The number of thioether (sulfide) groups is 2. The quantitative estimate of drug-likeness (QED) is 0.905. The van der Waals surface area contributed by atoms with Crippen molar-refractivity contribution in [1.82, 2.24) is 0 Å². The molecule has 3 rings (SSSR count). The molecular weight excluding hydrogens is 268 g/mol. The van der Waals surface area contributed by atoms with E-state index in [1.807, 2.05) is 29.6 Å². The van der Waals surface area contributed by atoms with Crippen molar-refractivity contribution in [2.45, 2.75) is 11.4 Å². The van der Waals surface area contributed by atoms with E-state index >= 15 is 0 Å². The summed E-state index contributed by atoms with van der Waals surface area (Å²) in [7, 11) is 0. The van der Waals surface area contributed by atoms with Crippen molar-refractivity contribution in [3.63, 3.8) is 0 Å². The molecular formula is C13H14OS3. The summed E-state index contributed by atoms with van der Waals surface area (Å²) < 4.78 is 1.25. The minimum atomic E-state index is -0.324. The van der Waals surface area contributed by atoms with E-state index in [1.165, 1.54) is 15.8 Å². The van der Waals surface area contributed by atoms with Gasteiger partial charge in [0, 0.05) is 27.2 Å². The zero-order valence-electron chi connectivity index (χ0n) is 9.33. The summed E-state index contributed by atoms with van der Waals surface area (Å²) in [6.45, 7) is 0. The average molecular weight is 282 g/mol. The molecule has 0 spiro atoms. The molecule has 1 fully saturated rings. The number of hydrogen-bond donors (Lipinski definition) is 1. The molecule has 1 nitrogen and oxygen atoms in total. The molecule has 1 N–H and O–H groups in total. The minimum absolute atomic E-state index is 0.324. The second kappa shape index (κ2) is 5.22. The molecule has 17 heavy (non-hydrogen) atoms. The molecule has 90 valence electrons. The summed E-state index contributed by atoms with van der Waals surface area (Å²) in [6.07, 6.45) is -0.324. The maximum atomic E-state index is 10.5. The van der Waals surface area contributed by atoms with Crippen LogP contribution in [0.15, 0.2) is 29.6 Å². The summed E-state index contributed by atoms with van der Waals surface area (Å²) in [5.74, 6) is 3.44. The van der Waals surface area contributed by atoms with E-state index in [9.17, 15) is 5.11 Å². The summed E-state index contributed by atoms with van der Waals surface area (Å²) in [6, 6.07) is 8.36. The monoisotopic (exact) mass is 282 g/mol. The van der Waals surface area contributed by atoms with Crippen LogP contribution in [0.3, 0.4) is 0 Å². The van der Waals surface area contributed by atoms with Crippen LogP contribution in [0.5, 0.6) is 0 Å². The SMILES string of the molecule is OC(c1cccc2ccsc12)C1CSCCS1. The van der Waals surface area contributed by atoms with Gasteiger partial charge in [-0.25, -0.2) is 0 Å². The van der Waals surface area contributed by atoms with Crippen LogP contribution in [-0.4, -0.2) is 27.6 Å². The van der Waals surface area contributed by atoms with Crippen molar-refractivity contribution in [1.29, 1.82) is 0 Å². The first-order valence-corrected chi connectivity index (χ1v) is 8.78. The lowest BCUT2D eigenvalue weighted by molar-refractivity contribution is 0.182. The fourth-order valence-electron chi connectivity index (χ4n) is 2.14. The van der Waals surface area contributed by atoms with Crippen LogP contribution >= 0.6 is 34.9 Å². The molecule has 0 saturated carbocycles. The van der Waals surface area contributed by atoms with Gasteiger partial charge >= 0.3 is 0 Å². The lowest BCUT2D eigenvalue weighted by Gasteiger charge is -2.26. The van der Waals surface area contributed by atoms with Gasteiger partial charge in [0.1, 0.15) is 0 Å². The number of fused-ring (bicyclic) bond motifs is 1. The van der Waals surface area contributed by atoms with E-state index in [-0.39, 0.29) is 6.10 Å². The van der Waals surface area contributed by atoms with Crippen LogP contribution in [0.1, 0.15) is 11.7 Å². The number of benzene rings is 1. The average Bonchev–Trinajstić information content (AvgIpc) is 2.87. The van der Waals surface area contributed by atoms with Crippen LogP contribution < -0.4 is 0 Å². The van der Waals surface area contributed by atoms with Gasteiger partial charge in [-0.15, -0.1) is 11.3 Å². The molecule has 0 amide bonds. The highest BCUT2D eigenvalue weighted by atomic mass is 32.2. The standard InChI is InChI=1S/C13H14OS3/c14-12(11-8-15-6-7-16-11)10-3-1-2-9-4-5-17-13(9)10/h1-5,11-12,14H,6-8H2. The maximum absolute atomic E-state index is 10.5. The van der Waals surface area contributed by atoms with Crippen molar-refractivity contribution in [2.24, 2.45) is 0 Å². The van der Waals surface area contributed by atoms with Crippen molar-refractivity contribution in [3.8, 4) is 0 Å². The van der Waals surface area contributed by atoms with E-state index < -0.39 is 0 Å². The van der Waals surface area contributed by atoms with Gasteiger partial charge in [0.2, 0.25) is 0 Å². The van der Waals surface area contributed by atoms with Gasteiger partial charge in [-0.2, -0.15) is 23.5 Å². The normalized spacial score (nSPS) is 22.8. The van der Waals surface area contributed by atoms with Gasteiger partial charge in [-0.3, -0.25) is 0 Å². The second-order valence-electron chi connectivity index (χ2n) is 4.12. The number of rotatable bonds is 2. The third-order valence-electron chi connectivity index (χ3n) is 3.02. The molecule has 1 aromatic heterocycles. The lowest BCUT2D eigenvalue weighted by atomic mass is 10.1. The van der Waals surface area contributed by atoms with E-state index in [0.717, 1.165) is 17.1 Å². The van der Waals surface area contributed by atoms with Crippen LogP contribution in [0.25, 0.3) is 10.1 Å². The van der Waals surface area contributed by atoms with Crippen molar-refractivity contribution < 1.29 is 5.11 Å². The maximum Gasteiger partial charge on any atom is 0.0930 e.